The number of carboxylic acids is 1. The summed E-state index contributed by atoms with van der Waals surface area (Å²) in [6.45, 7) is 0. The number of carbonyl (C=O) groups is 1. The van der Waals surface area contributed by atoms with Gasteiger partial charge in [0.25, 0.3) is 6.43 Å². The van der Waals surface area contributed by atoms with Crippen molar-refractivity contribution >= 4 is 49.6 Å². The van der Waals surface area contributed by atoms with Crippen molar-refractivity contribution in [2.45, 2.75) is 15.0 Å². The minimum atomic E-state index is -2.65. The van der Waals surface area contributed by atoms with E-state index in [9.17, 15) is 13.6 Å². The van der Waals surface area contributed by atoms with Crippen molar-refractivity contribution in [3.8, 4) is 0 Å². The quantitative estimate of drug-likeness (QED) is 0.748. The summed E-state index contributed by atoms with van der Waals surface area (Å²) in [5, 5.41) is 8.36. The van der Waals surface area contributed by atoms with Crippen LogP contribution in [0, 0.1) is 0 Å². The molecule has 0 rings (SSSR count). The maximum atomic E-state index is 12.2. The van der Waals surface area contributed by atoms with Crippen LogP contribution in [0.4, 0.5) is 8.78 Å². The first-order chi connectivity index (χ1) is 5.77. The number of halogens is 4. The Labute approximate surface area is 94.7 Å². The lowest BCUT2D eigenvalue weighted by Crippen LogP contribution is -2.34. The second kappa shape index (κ2) is 5.47. The first-order valence-corrected chi connectivity index (χ1v) is 5.63. The van der Waals surface area contributed by atoms with Gasteiger partial charge in [0.05, 0.1) is 0 Å². The Morgan fingerprint density at radius 1 is 1.62 bits per heavy atom. The summed E-state index contributed by atoms with van der Waals surface area (Å²) in [6.07, 6.45) is -2.65. The highest BCUT2D eigenvalue weighted by Crippen LogP contribution is 2.44. The van der Waals surface area contributed by atoms with Crippen molar-refractivity contribution in [3.05, 3.63) is 0 Å². The number of thioether (sulfide) groups is 1. The van der Waals surface area contributed by atoms with E-state index >= 15 is 0 Å². The molecular weight excluding hydrogens is 336 g/mol. The van der Waals surface area contributed by atoms with Gasteiger partial charge < -0.3 is 10.8 Å². The number of aliphatic carboxylic acids is 1. The summed E-state index contributed by atoms with van der Waals surface area (Å²) in [6, 6.07) is -1.14. The van der Waals surface area contributed by atoms with E-state index in [4.69, 9.17) is 10.8 Å². The molecule has 0 aliphatic heterocycles. The van der Waals surface area contributed by atoms with Crippen LogP contribution in [-0.2, 0) is 4.79 Å². The van der Waals surface area contributed by atoms with E-state index in [0.29, 0.717) is 11.8 Å². The molecule has 0 aromatic heterocycles. The third kappa shape index (κ3) is 5.14. The van der Waals surface area contributed by atoms with E-state index in [0.717, 1.165) is 0 Å². The van der Waals surface area contributed by atoms with Crippen LogP contribution in [0.15, 0.2) is 0 Å². The van der Waals surface area contributed by atoms with Crippen LogP contribution in [0.5, 0.6) is 0 Å². The summed E-state index contributed by atoms with van der Waals surface area (Å²) in [5.41, 5.74) is 5.12. The molecule has 0 aliphatic carbocycles. The molecule has 0 saturated carbocycles. The van der Waals surface area contributed by atoms with Gasteiger partial charge in [0.2, 0.25) is 0 Å². The molecule has 0 amide bonds. The molecule has 0 bridgehead atoms. The van der Waals surface area contributed by atoms with Gasteiger partial charge in [-0.3, -0.25) is 4.79 Å². The van der Waals surface area contributed by atoms with Gasteiger partial charge >= 0.3 is 5.97 Å². The van der Waals surface area contributed by atoms with Crippen LogP contribution in [0.1, 0.15) is 0 Å². The molecule has 0 spiro atoms. The molecule has 8 heteroatoms. The Bertz CT molecular complexity index is 193. The van der Waals surface area contributed by atoms with E-state index in [1.54, 1.807) is 0 Å². The third-order valence-corrected chi connectivity index (χ3v) is 4.18. The summed E-state index contributed by atoms with van der Waals surface area (Å²) >= 11 is 6.11. The van der Waals surface area contributed by atoms with Gasteiger partial charge in [0.15, 0.2) is 2.57 Å². The summed E-state index contributed by atoms with van der Waals surface area (Å²) in [7, 11) is 0. The Hall–Kier alpha value is 0.600. The number of hydrogen-bond acceptors (Lipinski definition) is 3. The van der Waals surface area contributed by atoms with E-state index in [1.807, 2.05) is 0 Å². The second-order valence-electron chi connectivity index (χ2n) is 2.12. The summed E-state index contributed by atoms with van der Waals surface area (Å²) < 4.78 is 22.7. The first kappa shape index (κ1) is 13.6. The number of hydrogen-bond donors (Lipinski definition) is 2. The average molecular weight is 343 g/mol. The van der Waals surface area contributed by atoms with Gasteiger partial charge in [-0.1, -0.05) is 31.9 Å². The Kier molecular flexibility index (Phi) is 5.73. The Balaban J connectivity index is 3.95. The maximum absolute atomic E-state index is 12.2. The zero-order chi connectivity index (χ0) is 10.6. The molecule has 0 radical (unpaired) electrons. The predicted molar refractivity (Wildman–Crippen MR) is 54.7 cm³/mol. The first-order valence-electron chi connectivity index (χ1n) is 3.05. The van der Waals surface area contributed by atoms with Crippen molar-refractivity contribution in [3.63, 3.8) is 0 Å². The third-order valence-electron chi connectivity index (χ3n) is 1.03. The minimum absolute atomic E-state index is 0.101. The molecule has 0 aliphatic rings. The zero-order valence-electron chi connectivity index (χ0n) is 6.21. The number of carboxylic acid groups (broad SMARTS) is 1. The van der Waals surface area contributed by atoms with Crippen LogP contribution >= 0.6 is 43.6 Å². The van der Waals surface area contributed by atoms with Crippen LogP contribution in [0.3, 0.4) is 0 Å². The van der Waals surface area contributed by atoms with Crippen LogP contribution in [0.2, 0.25) is 0 Å². The van der Waals surface area contributed by atoms with E-state index in [-0.39, 0.29) is 5.75 Å². The van der Waals surface area contributed by atoms with Crippen LogP contribution in [-0.4, -0.2) is 31.9 Å². The monoisotopic (exact) mass is 341 g/mol. The highest BCUT2D eigenvalue weighted by molar-refractivity contribution is 9.28. The molecule has 0 saturated heterocycles. The largest absolute Gasteiger partial charge is 0.480 e. The van der Waals surface area contributed by atoms with E-state index < -0.39 is 21.0 Å². The van der Waals surface area contributed by atoms with Crippen molar-refractivity contribution in [2.75, 3.05) is 5.75 Å². The Morgan fingerprint density at radius 2 is 2.08 bits per heavy atom. The maximum Gasteiger partial charge on any atom is 0.321 e. The SMILES string of the molecule is N[C@@H](CSC(Br)(Br)C(F)F)C(=O)O. The Morgan fingerprint density at radius 3 is 2.38 bits per heavy atom. The molecule has 0 heterocycles. The van der Waals surface area contributed by atoms with Crippen LogP contribution in [0.25, 0.3) is 0 Å². The summed E-state index contributed by atoms with van der Waals surface area (Å²) in [4.78, 5) is 10.2. The zero-order valence-corrected chi connectivity index (χ0v) is 10.2. The predicted octanol–water partition coefficient (Wildman–Crippen LogP) is 1.84. The molecule has 0 unspecified atom stereocenters. The number of alkyl halides is 4. The average Bonchev–Trinajstić information content (AvgIpc) is 1.99. The van der Waals surface area contributed by atoms with Gasteiger partial charge in [-0.15, -0.1) is 11.8 Å². The van der Waals surface area contributed by atoms with Gasteiger partial charge in [-0.05, 0) is 0 Å². The summed E-state index contributed by atoms with van der Waals surface area (Å²) in [5.74, 6) is -1.31. The van der Waals surface area contributed by atoms with Crippen molar-refractivity contribution < 1.29 is 18.7 Å². The van der Waals surface area contributed by atoms with Gasteiger partial charge in [-0.25, -0.2) is 8.78 Å². The molecule has 0 aromatic carbocycles. The van der Waals surface area contributed by atoms with Crippen molar-refractivity contribution in [1.29, 1.82) is 0 Å². The minimum Gasteiger partial charge on any atom is -0.480 e. The molecule has 13 heavy (non-hydrogen) atoms. The number of nitrogens with two attached hydrogens (primary N) is 1. The molecule has 0 fully saturated rings. The highest BCUT2D eigenvalue weighted by Gasteiger charge is 2.35. The van der Waals surface area contributed by atoms with Crippen molar-refractivity contribution in [1.82, 2.24) is 0 Å². The highest BCUT2D eigenvalue weighted by atomic mass is 79.9. The molecule has 3 nitrogen and oxygen atoms in total. The fourth-order valence-corrected chi connectivity index (χ4v) is 1.80. The smallest absolute Gasteiger partial charge is 0.321 e. The molecule has 3 N–H and O–H groups in total. The molecule has 78 valence electrons. The second-order valence-corrected chi connectivity index (χ2v) is 8.00. The van der Waals surface area contributed by atoms with E-state index in [2.05, 4.69) is 31.9 Å². The van der Waals surface area contributed by atoms with E-state index in [1.165, 1.54) is 0 Å². The molecular formula is C5H7Br2F2NO2S. The number of rotatable bonds is 5. The van der Waals surface area contributed by atoms with Crippen molar-refractivity contribution in [2.24, 2.45) is 5.73 Å². The van der Waals surface area contributed by atoms with Gasteiger partial charge in [0, 0.05) is 5.75 Å². The van der Waals surface area contributed by atoms with Gasteiger partial charge in [0.1, 0.15) is 6.04 Å². The normalized spacial score (nSPS) is 14.6. The van der Waals surface area contributed by atoms with Gasteiger partial charge in [-0.2, -0.15) is 0 Å². The van der Waals surface area contributed by atoms with Crippen LogP contribution < -0.4 is 5.73 Å². The fourth-order valence-electron chi connectivity index (χ4n) is 0.335. The molecule has 0 aromatic rings. The molecule has 1 atom stereocenters. The standard InChI is InChI=1S/C5H7Br2F2NO2S/c6-5(7,4(8)9)13-1-2(10)3(11)12/h2,4H,1,10H2,(H,11,12)/t2-/m0/s1. The topological polar surface area (TPSA) is 63.3 Å². The lowest BCUT2D eigenvalue weighted by molar-refractivity contribution is -0.137. The fraction of sp³-hybridized carbons (Fsp3) is 0.800. The lowest BCUT2D eigenvalue weighted by Gasteiger charge is -2.19. The lowest BCUT2D eigenvalue weighted by atomic mass is 10.4.